The van der Waals surface area contributed by atoms with Crippen molar-refractivity contribution in [3.8, 4) is 0 Å². The van der Waals surface area contributed by atoms with Gasteiger partial charge in [-0.05, 0) is 31.7 Å². The van der Waals surface area contributed by atoms with Crippen molar-refractivity contribution < 1.29 is 0 Å². The molecule has 0 bridgehead atoms. The summed E-state index contributed by atoms with van der Waals surface area (Å²) in [4.78, 5) is 2.25. The largest absolute Gasteiger partial charge is 0.292 e. The summed E-state index contributed by atoms with van der Waals surface area (Å²) < 4.78 is 0.127. The van der Waals surface area contributed by atoms with Crippen LogP contribution in [0.3, 0.4) is 0 Å². The van der Waals surface area contributed by atoms with Crippen LogP contribution in [-0.2, 0) is 0 Å². The van der Waals surface area contributed by atoms with Crippen molar-refractivity contribution in [3.05, 3.63) is 65.8 Å². The molecule has 1 atom stereocenters. The van der Waals surface area contributed by atoms with Crippen molar-refractivity contribution in [1.82, 2.24) is 4.90 Å². The standard InChI is InChI=1S/C16H18IN/c1-18(2)16(17)12-10-15(11-13-16)9-8-14-6-4-3-5-7-14/h3-12H,13H2,1-2H3/b9-8+. The summed E-state index contributed by atoms with van der Waals surface area (Å²) in [5.74, 6) is 0. The molecule has 1 nitrogen and oxygen atoms in total. The maximum atomic E-state index is 2.50. The van der Waals surface area contributed by atoms with E-state index in [1.807, 2.05) is 6.07 Å². The van der Waals surface area contributed by atoms with Gasteiger partial charge in [0, 0.05) is 0 Å². The minimum Gasteiger partial charge on any atom is -0.292 e. The third-order valence-corrected chi connectivity index (χ3v) is 4.93. The van der Waals surface area contributed by atoms with E-state index in [-0.39, 0.29) is 3.55 Å². The second-order valence-corrected chi connectivity index (χ2v) is 6.57. The van der Waals surface area contributed by atoms with Crippen molar-refractivity contribution in [1.29, 1.82) is 0 Å². The van der Waals surface area contributed by atoms with E-state index in [1.165, 1.54) is 11.1 Å². The van der Waals surface area contributed by atoms with Crippen LogP contribution >= 0.6 is 22.6 Å². The van der Waals surface area contributed by atoms with Crippen LogP contribution in [-0.4, -0.2) is 22.5 Å². The first-order valence-electron chi connectivity index (χ1n) is 6.09. The number of allylic oxidation sites excluding steroid dienone is 3. The Bertz CT molecular complexity index is 485. The van der Waals surface area contributed by atoms with Gasteiger partial charge in [0.1, 0.15) is 0 Å². The van der Waals surface area contributed by atoms with E-state index in [1.54, 1.807) is 0 Å². The molecule has 1 aliphatic carbocycles. The van der Waals surface area contributed by atoms with Gasteiger partial charge in [0.15, 0.2) is 0 Å². The Hall–Kier alpha value is -0.870. The highest BCUT2D eigenvalue weighted by atomic mass is 127. The van der Waals surface area contributed by atoms with Gasteiger partial charge >= 0.3 is 0 Å². The lowest BCUT2D eigenvalue weighted by molar-refractivity contribution is 0.327. The monoisotopic (exact) mass is 351 g/mol. The molecule has 2 heteroatoms. The predicted octanol–water partition coefficient (Wildman–Crippen LogP) is 4.28. The molecular weight excluding hydrogens is 333 g/mol. The lowest BCUT2D eigenvalue weighted by atomic mass is 10.0. The van der Waals surface area contributed by atoms with Crippen LogP contribution in [0.25, 0.3) is 6.08 Å². The Morgan fingerprint density at radius 1 is 1.17 bits per heavy atom. The molecule has 1 aliphatic rings. The van der Waals surface area contributed by atoms with E-state index in [4.69, 9.17) is 0 Å². The van der Waals surface area contributed by atoms with Crippen LogP contribution in [0.5, 0.6) is 0 Å². The van der Waals surface area contributed by atoms with Gasteiger partial charge in [-0.3, -0.25) is 4.90 Å². The molecule has 94 valence electrons. The van der Waals surface area contributed by atoms with E-state index in [2.05, 4.69) is 96.2 Å². The lowest BCUT2D eigenvalue weighted by Crippen LogP contribution is -2.36. The van der Waals surface area contributed by atoms with Crippen molar-refractivity contribution in [3.63, 3.8) is 0 Å². The van der Waals surface area contributed by atoms with Crippen LogP contribution in [0.15, 0.2) is 60.2 Å². The summed E-state index contributed by atoms with van der Waals surface area (Å²) in [5.41, 5.74) is 2.53. The molecule has 0 saturated heterocycles. The zero-order valence-electron chi connectivity index (χ0n) is 10.8. The second-order valence-electron chi connectivity index (χ2n) is 4.70. The maximum absolute atomic E-state index is 2.50. The average molecular weight is 351 g/mol. The van der Waals surface area contributed by atoms with E-state index in [0.717, 1.165) is 6.42 Å². The fraction of sp³-hybridized carbons (Fsp3) is 0.250. The van der Waals surface area contributed by atoms with E-state index in [0.29, 0.717) is 0 Å². The fourth-order valence-corrected chi connectivity index (χ4v) is 2.23. The molecule has 0 radical (unpaired) electrons. The summed E-state index contributed by atoms with van der Waals surface area (Å²) in [6.07, 6.45) is 12.2. The number of halogens is 1. The third kappa shape index (κ3) is 3.33. The van der Waals surface area contributed by atoms with Gasteiger partial charge in [0.05, 0.1) is 3.55 Å². The Labute approximate surface area is 123 Å². The zero-order valence-corrected chi connectivity index (χ0v) is 13.0. The Morgan fingerprint density at radius 2 is 1.89 bits per heavy atom. The molecule has 0 amide bonds. The first-order chi connectivity index (χ1) is 8.60. The lowest BCUT2D eigenvalue weighted by Gasteiger charge is -2.32. The van der Waals surface area contributed by atoms with Crippen molar-refractivity contribution in [2.75, 3.05) is 14.1 Å². The Morgan fingerprint density at radius 3 is 2.44 bits per heavy atom. The van der Waals surface area contributed by atoms with Crippen LogP contribution < -0.4 is 0 Å². The summed E-state index contributed by atoms with van der Waals surface area (Å²) in [6.45, 7) is 0. The van der Waals surface area contributed by atoms with Gasteiger partial charge in [-0.25, -0.2) is 0 Å². The average Bonchev–Trinajstić information content (AvgIpc) is 2.39. The molecule has 0 heterocycles. The highest BCUT2D eigenvalue weighted by Crippen LogP contribution is 2.32. The molecule has 0 saturated carbocycles. The SMILES string of the molecule is CN(C)C1(I)C=CC(/C=C/c2ccccc2)=CC1. The number of alkyl halides is 1. The number of hydrogen-bond acceptors (Lipinski definition) is 1. The molecule has 0 fully saturated rings. The summed E-state index contributed by atoms with van der Waals surface area (Å²) in [5, 5.41) is 0. The molecule has 1 unspecified atom stereocenters. The van der Waals surface area contributed by atoms with Gasteiger partial charge < -0.3 is 0 Å². The van der Waals surface area contributed by atoms with Crippen LogP contribution in [0.4, 0.5) is 0 Å². The normalized spacial score (nSPS) is 23.7. The van der Waals surface area contributed by atoms with Crippen LogP contribution in [0.2, 0.25) is 0 Å². The molecule has 2 rings (SSSR count). The molecule has 0 aliphatic heterocycles. The topological polar surface area (TPSA) is 3.24 Å². The number of rotatable bonds is 3. The quantitative estimate of drug-likeness (QED) is 0.446. The van der Waals surface area contributed by atoms with Crippen molar-refractivity contribution >= 4 is 28.7 Å². The zero-order chi connectivity index (χ0) is 13.0. The Kier molecular flexibility index (Phi) is 4.40. The molecule has 1 aromatic carbocycles. The maximum Gasteiger partial charge on any atom is 0.0948 e. The smallest absolute Gasteiger partial charge is 0.0948 e. The van der Waals surface area contributed by atoms with Gasteiger partial charge in [-0.1, -0.05) is 83.3 Å². The van der Waals surface area contributed by atoms with Gasteiger partial charge in [0.2, 0.25) is 0 Å². The molecule has 0 aromatic heterocycles. The molecule has 1 aromatic rings. The van der Waals surface area contributed by atoms with E-state index < -0.39 is 0 Å². The minimum absolute atomic E-state index is 0.127. The molecule has 18 heavy (non-hydrogen) atoms. The molecule has 0 N–H and O–H groups in total. The summed E-state index contributed by atoms with van der Waals surface area (Å²) >= 11 is 2.50. The fourth-order valence-electron chi connectivity index (χ4n) is 1.83. The summed E-state index contributed by atoms with van der Waals surface area (Å²) in [7, 11) is 4.24. The second kappa shape index (κ2) is 5.85. The third-order valence-electron chi connectivity index (χ3n) is 3.17. The number of hydrogen-bond donors (Lipinski definition) is 0. The van der Waals surface area contributed by atoms with E-state index >= 15 is 0 Å². The van der Waals surface area contributed by atoms with Gasteiger partial charge in [0.25, 0.3) is 0 Å². The number of benzene rings is 1. The summed E-state index contributed by atoms with van der Waals surface area (Å²) in [6, 6.07) is 10.4. The molecular formula is C16H18IN. The Balaban J connectivity index is 2.04. The molecule has 0 spiro atoms. The highest BCUT2D eigenvalue weighted by Gasteiger charge is 2.26. The van der Waals surface area contributed by atoms with Gasteiger partial charge in [-0.2, -0.15) is 0 Å². The van der Waals surface area contributed by atoms with Crippen molar-refractivity contribution in [2.24, 2.45) is 0 Å². The first-order valence-corrected chi connectivity index (χ1v) is 7.17. The predicted molar refractivity (Wildman–Crippen MR) is 87.8 cm³/mol. The van der Waals surface area contributed by atoms with Crippen molar-refractivity contribution in [2.45, 2.75) is 9.97 Å². The number of nitrogens with zero attached hydrogens (tertiary/aromatic N) is 1. The highest BCUT2D eigenvalue weighted by molar-refractivity contribution is 14.1. The number of likely N-dealkylation sites (N-methyl/N-ethyl adjacent to an activating group) is 1. The van der Waals surface area contributed by atoms with Crippen LogP contribution in [0.1, 0.15) is 12.0 Å². The van der Waals surface area contributed by atoms with Gasteiger partial charge in [-0.15, -0.1) is 0 Å². The van der Waals surface area contributed by atoms with E-state index in [9.17, 15) is 0 Å². The first kappa shape index (κ1) is 13.6. The van der Waals surface area contributed by atoms with Crippen LogP contribution in [0, 0.1) is 0 Å². The minimum atomic E-state index is 0.127.